The van der Waals surface area contributed by atoms with E-state index in [1.54, 1.807) is 14.2 Å². The fourth-order valence-corrected chi connectivity index (χ4v) is 5.46. The zero-order valence-corrected chi connectivity index (χ0v) is 23.9. The monoisotopic (exact) mass is 564 g/mol. The van der Waals surface area contributed by atoms with E-state index in [0.717, 1.165) is 41.2 Å². The first-order chi connectivity index (χ1) is 20.6. The first-order valence-electron chi connectivity index (χ1n) is 14.2. The number of methoxy groups -OCH3 is 2. The molecular formula is C35H36N2O5. The SMILES string of the molecule is COc1ccc(N[C@H](c2ccc(OC)cc2)[C@@H](CCCc2ccccc2)C(=O)N2C(=O)OC[C@@H]2c2ccccc2)cc1. The van der Waals surface area contributed by atoms with E-state index in [2.05, 4.69) is 17.4 Å². The molecule has 1 heterocycles. The maximum Gasteiger partial charge on any atom is 0.417 e. The number of aryl methyl sites for hydroxylation is 1. The van der Waals surface area contributed by atoms with Gasteiger partial charge in [-0.15, -0.1) is 0 Å². The van der Waals surface area contributed by atoms with Gasteiger partial charge in [-0.2, -0.15) is 0 Å². The van der Waals surface area contributed by atoms with Gasteiger partial charge in [0, 0.05) is 5.69 Å². The van der Waals surface area contributed by atoms with Crippen molar-refractivity contribution in [1.82, 2.24) is 4.90 Å². The van der Waals surface area contributed by atoms with Gasteiger partial charge in [-0.3, -0.25) is 4.79 Å². The van der Waals surface area contributed by atoms with Crippen molar-refractivity contribution in [2.24, 2.45) is 5.92 Å². The molecule has 0 aromatic heterocycles. The molecule has 7 nitrogen and oxygen atoms in total. The van der Waals surface area contributed by atoms with Crippen molar-refractivity contribution in [3.8, 4) is 11.5 Å². The zero-order valence-electron chi connectivity index (χ0n) is 23.9. The van der Waals surface area contributed by atoms with Crippen LogP contribution in [0.25, 0.3) is 0 Å². The topological polar surface area (TPSA) is 77.1 Å². The van der Waals surface area contributed by atoms with Crippen LogP contribution in [0.5, 0.6) is 11.5 Å². The molecule has 1 saturated heterocycles. The molecule has 0 spiro atoms. The molecule has 1 aliphatic rings. The van der Waals surface area contributed by atoms with Gasteiger partial charge < -0.3 is 19.5 Å². The Labute approximate surface area is 247 Å². The van der Waals surface area contributed by atoms with Crippen LogP contribution >= 0.6 is 0 Å². The largest absolute Gasteiger partial charge is 0.497 e. The van der Waals surface area contributed by atoms with Gasteiger partial charge in [0.05, 0.1) is 26.2 Å². The lowest BCUT2D eigenvalue weighted by molar-refractivity contribution is -0.134. The Hall–Kier alpha value is -4.78. The van der Waals surface area contributed by atoms with Crippen molar-refractivity contribution >= 4 is 17.7 Å². The fourth-order valence-electron chi connectivity index (χ4n) is 5.46. The number of carbonyl (C=O) groups is 2. The van der Waals surface area contributed by atoms with Crippen LogP contribution in [0.1, 0.15) is 41.6 Å². The Kier molecular flexibility index (Phi) is 9.39. The second-order valence-electron chi connectivity index (χ2n) is 10.3. The highest BCUT2D eigenvalue weighted by molar-refractivity contribution is 5.95. The van der Waals surface area contributed by atoms with Crippen molar-refractivity contribution in [3.05, 3.63) is 126 Å². The molecule has 216 valence electrons. The summed E-state index contributed by atoms with van der Waals surface area (Å²) < 4.78 is 16.2. The normalized spacial score (nSPS) is 15.9. The number of imide groups is 1. The van der Waals surface area contributed by atoms with Crippen LogP contribution in [-0.4, -0.2) is 37.7 Å². The van der Waals surface area contributed by atoms with Gasteiger partial charge in [-0.1, -0.05) is 72.8 Å². The lowest BCUT2D eigenvalue weighted by atomic mass is 9.86. The number of nitrogens with zero attached hydrogens (tertiary/aromatic N) is 1. The average Bonchev–Trinajstić information content (AvgIpc) is 3.44. The number of rotatable bonds is 12. The Bertz CT molecular complexity index is 1440. The number of cyclic esters (lactones) is 1. The molecule has 0 radical (unpaired) electrons. The first kappa shape index (κ1) is 28.7. The number of carbonyl (C=O) groups excluding carboxylic acids is 2. The van der Waals surface area contributed by atoms with E-state index in [-0.39, 0.29) is 12.5 Å². The van der Waals surface area contributed by atoms with Crippen molar-refractivity contribution in [1.29, 1.82) is 0 Å². The highest BCUT2D eigenvalue weighted by atomic mass is 16.6. The van der Waals surface area contributed by atoms with Crippen LogP contribution in [0.4, 0.5) is 10.5 Å². The lowest BCUT2D eigenvalue weighted by Crippen LogP contribution is -2.42. The van der Waals surface area contributed by atoms with E-state index >= 15 is 0 Å². The van der Waals surface area contributed by atoms with Crippen LogP contribution < -0.4 is 14.8 Å². The molecule has 2 amide bonds. The third-order valence-corrected chi connectivity index (χ3v) is 7.72. The smallest absolute Gasteiger partial charge is 0.417 e. The Morgan fingerprint density at radius 3 is 2.07 bits per heavy atom. The van der Waals surface area contributed by atoms with Crippen molar-refractivity contribution in [2.75, 3.05) is 26.1 Å². The number of anilines is 1. The number of nitrogens with one attached hydrogen (secondary N) is 1. The number of hydrogen-bond donors (Lipinski definition) is 1. The second-order valence-corrected chi connectivity index (χ2v) is 10.3. The second kappa shape index (κ2) is 13.7. The predicted octanol–water partition coefficient (Wildman–Crippen LogP) is 7.22. The third kappa shape index (κ3) is 6.74. The van der Waals surface area contributed by atoms with Crippen molar-refractivity contribution in [3.63, 3.8) is 0 Å². The molecule has 0 bridgehead atoms. The quantitative estimate of drug-likeness (QED) is 0.196. The number of ether oxygens (including phenoxy) is 3. The highest BCUT2D eigenvalue weighted by Gasteiger charge is 2.44. The summed E-state index contributed by atoms with van der Waals surface area (Å²) in [6.45, 7) is 0.129. The van der Waals surface area contributed by atoms with E-state index in [9.17, 15) is 9.59 Å². The molecule has 4 aromatic rings. The van der Waals surface area contributed by atoms with Crippen molar-refractivity contribution < 1.29 is 23.8 Å². The van der Waals surface area contributed by atoms with Gasteiger partial charge in [-0.05, 0) is 72.4 Å². The highest BCUT2D eigenvalue weighted by Crippen LogP contribution is 2.37. The molecular weight excluding hydrogens is 528 g/mol. The van der Waals surface area contributed by atoms with E-state index in [1.807, 2.05) is 97.1 Å². The number of amides is 2. The standard InChI is InChI=1S/C35H36N2O5/c1-40-29-20-16-27(17-21-29)33(36-28-18-22-30(41-2)23-19-28)31(15-9-12-25-10-5-3-6-11-25)34(38)37-32(24-42-35(37)39)26-13-7-4-8-14-26/h3-8,10-11,13-14,16-23,31-33,36H,9,12,15,24H2,1-2H3/t31-,32-,33-/m1/s1. The Balaban J connectivity index is 1.51. The van der Waals surface area contributed by atoms with Crippen LogP contribution in [-0.2, 0) is 16.0 Å². The summed E-state index contributed by atoms with van der Waals surface area (Å²) in [5.74, 6) is 0.631. The predicted molar refractivity (Wildman–Crippen MR) is 163 cm³/mol. The minimum atomic E-state index is -0.611. The van der Waals surface area contributed by atoms with E-state index < -0.39 is 24.1 Å². The average molecular weight is 565 g/mol. The molecule has 7 heteroatoms. The van der Waals surface area contributed by atoms with Crippen molar-refractivity contribution in [2.45, 2.75) is 31.3 Å². The van der Waals surface area contributed by atoms with Crippen LogP contribution in [0, 0.1) is 5.92 Å². The summed E-state index contributed by atoms with van der Waals surface area (Å²) in [6, 6.07) is 34.2. The minimum Gasteiger partial charge on any atom is -0.497 e. The molecule has 1 aliphatic heterocycles. The molecule has 1 fully saturated rings. The molecule has 0 unspecified atom stereocenters. The van der Waals surface area contributed by atoms with Crippen LogP contribution in [0.15, 0.2) is 109 Å². The van der Waals surface area contributed by atoms with Gasteiger partial charge in [0.2, 0.25) is 5.91 Å². The number of hydrogen-bond acceptors (Lipinski definition) is 6. The molecule has 1 N–H and O–H groups in total. The van der Waals surface area contributed by atoms with Gasteiger partial charge in [-0.25, -0.2) is 9.69 Å². The molecule has 3 atom stereocenters. The van der Waals surface area contributed by atoms with E-state index in [4.69, 9.17) is 14.2 Å². The Morgan fingerprint density at radius 1 is 0.857 bits per heavy atom. The Morgan fingerprint density at radius 2 is 1.45 bits per heavy atom. The maximum absolute atomic E-state index is 14.6. The molecule has 42 heavy (non-hydrogen) atoms. The van der Waals surface area contributed by atoms with E-state index in [0.29, 0.717) is 6.42 Å². The van der Waals surface area contributed by atoms with Gasteiger partial charge in [0.1, 0.15) is 24.1 Å². The zero-order chi connectivity index (χ0) is 29.3. The first-order valence-corrected chi connectivity index (χ1v) is 14.2. The number of benzene rings is 4. The van der Waals surface area contributed by atoms with Crippen LogP contribution in [0.2, 0.25) is 0 Å². The third-order valence-electron chi connectivity index (χ3n) is 7.72. The summed E-state index contributed by atoms with van der Waals surface area (Å²) in [6.07, 6.45) is 1.52. The summed E-state index contributed by atoms with van der Waals surface area (Å²) in [5.41, 5.74) is 3.81. The summed E-state index contributed by atoms with van der Waals surface area (Å²) in [5, 5.41) is 3.61. The minimum absolute atomic E-state index is 0.129. The summed E-state index contributed by atoms with van der Waals surface area (Å²) in [4.78, 5) is 29.0. The summed E-state index contributed by atoms with van der Waals surface area (Å²) >= 11 is 0. The molecule has 4 aromatic carbocycles. The van der Waals surface area contributed by atoms with Gasteiger partial charge >= 0.3 is 6.09 Å². The fraction of sp³-hybridized carbons (Fsp3) is 0.257. The maximum atomic E-state index is 14.6. The molecule has 5 rings (SSSR count). The van der Waals surface area contributed by atoms with Gasteiger partial charge in [0.25, 0.3) is 0 Å². The molecule has 0 aliphatic carbocycles. The van der Waals surface area contributed by atoms with E-state index in [1.165, 1.54) is 10.5 Å². The summed E-state index contributed by atoms with van der Waals surface area (Å²) in [7, 11) is 3.25. The van der Waals surface area contributed by atoms with Crippen LogP contribution in [0.3, 0.4) is 0 Å². The molecule has 0 saturated carbocycles. The van der Waals surface area contributed by atoms with Gasteiger partial charge in [0.15, 0.2) is 0 Å². The lowest BCUT2D eigenvalue weighted by Gasteiger charge is -2.32.